The number of hydrogen-bond donors (Lipinski definition) is 0. The van der Waals surface area contributed by atoms with Crippen molar-refractivity contribution in [3.63, 3.8) is 0 Å². The van der Waals surface area contributed by atoms with E-state index in [2.05, 4.69) is 10.1 Å². The summed E-state index contributed by atoms with van der Waals surface area (Å²) in [7, 11) is -3.30. The lowest BCUT2D eigenvalue weighted by Crippen LogP contribution is -2.38. The number of rotatable bonds is 6. The van der Waals surface area contributed by atoms with Gasteiger partial charge < -0.3 is 4.90 Å². The van der Waals surface area contributed by atoms with Crippen molar-refractivity contribution in [2.24, 2.45) is 0 Å². The van der Waals surface area contributed by atoms with Gasteiger partial charge in [-0.2, -0.15) is 5.10 Å². The maximum absolute atomic E-state index is 12.5. The Morgan fingerprint density at radius 3 is 2.57 bits per heavy atom. The number of nitrogens with zero attached hydrogens (tertiary/aromatic N) is 4. The molecule has 0 aliphatic carbocycles. The van der Waals surface area contributed by atoms with E-state index < -0.39 is 9.84 Å². The Hall–Kier alpha value is -2.22. The number of likely N-dealkylation sites (tertiary alicyclic amines) is 1. The number of piperidine rings is 1. The Labute approximate surface area is 166 Å². The average molecular weight is 405 g/mol. The lowest BCUT2D eigenvalue weighted by molar-refractivity contribution is -0.132. The molecule has 0 unspecified atom stereocenters. The Morgan fingerprint density at radius 2 is 1.96 bits per heavy atom. The van der Waals surface area contributed by atoms with Crippen molar-refractivity contribution < 1.29 is 13.2 Å². The molecule has 3 rings (SSSR count). The third-order valence-electron chi connectivity index (χ3n) is 5.30. The molecule has 28 heavy (non-hydrogen) atoms. The second-order valence-corrected chi connectivity index (χ2v) is 9.55. The molecule has 0 N–H and O–H groups in total. The minimum atomic E-state index is -3.30. The van der Waals surface area contributed by atoms with Crippen molar-refractivity contribution in [1.82, 2.24) is 19.7 Å². The van der Waals surface area contributed by atoms with E-state index in [4.69, 9.17) is 0 Å². The topological polar surface area (TPSA) is 85.2 Å². The van der Waals surface area contributed by atoms with E-state index in [1.54, 1.807) is 18.3 Å². The first kappa shape index (κ1) is 20.5. The summed E-state index contributed by atoms with van der Waals surface area (Å²) in [6.45, 7) is 6.02. The summed E-state index contributed by atoms with van der Waals surface area (Å²) >= 11 is 0. The normalized spacial score (nSPS) is 15.8. The fourth-order valence-corrected chi connectivity index (χ4v) is 4.79. The summed E-state index contributed by atoms with van der Waals surface area (Å²) < 4.78 is 26.0. The second-order valence-electron chi connectivity index (χ2n) is 7.57. The Kier molecular flexibility index (Phi) is 6.17. The molecule has 152 valence electrons. The number of aryl methyl sites for hydroxylation is 3. The maximum atomic E-state index is 12.5. The quantitative estimate of drug-likeness (QED) is 0.738. The van der Waals surface area contributed by atoms with Crippen LogP contribution in [0.1, 0.15) is 48.7 Å². The third kappa shape index (κ3) is 4.79. The van der Waals surface area contributed by atoms with Gasteiger partial charge in [0.15, 0.2) is 9.84 Å². The number of sulfone groups is 1. The van der Waals surface area contributed by atoms with Crippen LogP contribution in [0.15, 0.2) is 29.3 Å². The Bertz CT molecular complexity index is 944. The number of hydrogen-bond acceptors (Lipinski definition) is 5. The van der Waals surface area contributed by atoms with Gasteiger partial charge in [0.2, 0.25) is 5.91 Å². The molecule has 1 amide bonds. The Morgan fingerprint density at radius 1 is 1.25 bits per heavy atom. The van der Waals surface area contributed by atoms with Crippen LogP contribution >= 0.6 is 0 Å². The van der Waals surface area contributed by atoms with E-state index in [0.29, 0.717) is 30.1 Å². The standard InChI is InChI=1S/C20H28N4O3S/c1-15-14-16(2)24(22-15)11-5-7-19(25)23-12-8-17(9-13-23)20-18(28(3,26)27)6-4-10-21-20/h4,6,10,14,17H,5,7-9,11-13H2,1-3H3. The first-order valence-corrected chi connectivity index (χ1v) is 11.6. The Balaban J connectivity index is 1.53. The van der Waals surface area contributed by atoms with Crippen molar-refractivity contribution in [3.8, 4) is 0 Å². The highest BCUT2D eigenvalue weighted by Crippen LogP contribution is 2.31. The van der Waals surface area contributed by atoms with Crippen LogP contribution in [0.4, 0.5) is 0 Å². The zero-order chi connectivity index (χ0) is 20.3. The molecule has 1 fully saturated rings. The minimum Gasteiger partial charge on any atom is -0.343 e. The highest BCUT2D eigenvalue weighted by molar-refractivity contribution is 7.90. The van der Waals surface area contributed by atoms with E-state index in [1.807, 2.05) is 29.5 Å². The van der Waals surface area contributed by atoms with Crippen molar-refractivity contribution in [2.45, 2.75) is 56.9 Å². The smallest absolute Gasteiger partial charge is 0.222 e. The van der Waals surface area contributed by atoms with Crippen molar-refractivity contribution >= 4 is 15.7 Å². The summed E-state index contributed by atoms with van der Waals surface area (Å²) in [4.78, 5) is 19.1. The number of amides is 1. The van der Waals surface area contributed by atoms with E-state index in [-0.39, 0.29) is 11.8 Å². The molecule has 1 saturated heterocycles. The first-order chi connectivity index (χ1) is 13.3. The summed E-state index contributed by atoms with van der Waals surface area (Å²) in [5.74, 6) is 0.231. The maximum Gasteiger partial charge on any atom is 0.222 e. The lowest BCUT2D eigenvalue weighted by atomic mass is 9.92. The molecule has 1 aliphatic rings. The van der Waals surface area contributed by atoms with Crippen LogP contribution in [0.2, 0.25) is 0 Å². The molecular weight excluding hydrogens is 376 g/mol. The molecular formula is C20H28N4O3S. The molecule has 7 nitrogen and oxygen atoms in total. The van der Waals surface area contributed by atoms with Crippen LogP contribution in [0.25, 0.3) is 0 Å². The van der Waals surface area contributed by atoms with Gasteiger partial charge in [-0.1, -0.05) is 0 Å². The zero-order valence-corrected chi connectivity index (χ0v) is 17.6. The largest absolute Gasteiger partial charge is 0.343 e. The molecule has 3 heterocycles. The van der Waals surface area contributed by atoms with Crippen LogP contribution in [0, 0.1) is 13.8 Å². The van der Waals surface area contributed by atoms with Crippen LogP contribution in [0.5, 0.6) is 0 Å². The lowest BCUT2D eigenvalue weighted by Gasteiger charge is -2.32. The van der Waals surface area contributed by atoms with Gasteiger partial charge >= 0.3 is 0 Å². The molecule has 0 aromatic carbocycles. The van der Waals surface area contributed by atoms with Crippen LogP contribution in [-0.2, 0) is 21.2 Å². The molecule has 0 atom stereocenters. The molecule has 0 spiro atoms. The predicted octanol–water partition coefficient (Wildman–Crippen LogP) is 2.48. The van der Waals surface area contributed by atoms with Crippen molar-refractivity contribution in [3.05, 3.63) is 41.5 Å². The SMILES string of the molecule is Cc1cc(C)n(CCCC(=O)N2CCC(c3ncccc3S(C)(=O)=O)CC2)n1. The van der Waals surface area contributed by atoms with E-state index >= 15 is 0 Å². The molecule has 0 saturated carbocycles. The number of carbonyl (C=O) groups excluding carboxylic acids is 1. The second kappa shape index (κ2) is 8.43. The molecule has 2 aromatic rings. The monoisotopic (exact) mass is 404 g/mol. The van der Waals surface area contributed by atoms with Gasteiger partial charge in [-0.3, -0.25) is 14.5 Å². The number of pyridine rings is 1. The van der Waals surface area contributed by atoms with Crippen LogP contribution in [-0.4, -0.2) is 53.3 Å². The average Bonchev–Trinajstić information content (AvgIpc) is 2.98. The molecule has 8 heteroatoms. The highest BCUT2D eigenvalue weighted by Gasteiger charge is 2.28. The van der Waals surface area contributed by atoms with Gasteiger partial charge in [0.25, 0.3) is 0 Å². The van der Waals surface area contributed by atoms with Crippen LogP contribution in [0.3, 0.4) is 0 Å². The highest BCUT2D eigenvalue weighted by atomic mass is 32.2. The van der Waals surface area contributed by atoms with Gasteiger partial charge in [-0.15, -0.1) is 0 Å². The van der Waals surface area contributed by atoms with Gasteiger partial charge in [0, 0.05) is 50.1 Å². The molecule has 0 bridgehead atoms. The van der Waals surface area contributed by atoms with E-state index in [9.17, 15) is 13.2 Å². The van der Waals surface area contributed by atoms with E-state index in [1.165, 1.54) is 6.26 Å². The van der Waals surface area contributed by atoms with Gasteiger partial charge in [0.05, 0.1) is 16.3 Å². The number of carbonyl (C=O) groups is 1. The minimum absolute atomic E-state index is 0.0738. The zero-order valence-electron chi connectivity index (χ0n) is 16.8. The van der Waals surface area contributed by atoms with Gasteiger partial charge in [-0.25, -0.2) is 8.42 Å². The van der Waals surface area contributed by atoms with Crippen molar-refractivity contribution in [1.29, 1.82) is 0 Å². The molecule has 0 radical (unpaired) electrons. The first-order valence-electron chi connectivity index (χ1n) is 9.69. The summed E-state index contributed by atoms with van der Waals surface area (Å²) in [5, 5.41) is 4.43. The number of aromatic nitrogens is 3. The fourth-order valence-electron chi connectivity index (χ4n) is 3.86. The van der Waals surface area contributed by atoms with E-state index in [0.717, 1.165) is 37.2 Å². The van der Waals surface area contributed by atoms with Gasteiger partial charge in [-0.05, 0) is 51.3 Å². The molecule has 2 aromatic heterocycles. The summed E-state index contributed by atoms with van der Waals surface area (Å²) in [6.07, 6.45) is 5.60. The van der Waals surface area contributed by atoms with Gasteiger partial charge in [0.1, 0.15) is 0 Å². The fraction of sp³-hybridized carbons (Fsp3) is 0.550. The van der Waals surface area contributed by atoms with Crippen molar-refractivity contribution in [2.75, 3.05) is 19.3 Å². The molecule has 1 aliphatic heterocycles. The summed E-state index contributed by atoms with van der Waals surface area (Å²) in [5.41, 5.74) is 2.75. The third-order valence-corrected chi connectivity index (χ3v) is 6.44. The summed E-state index contributed by atoms with van der Waals surface area (Å²) in [6, 6.07) is 5.31. The van der Waals surface area contributed by atoms with Crippen LogP contribution < -0.4 is 0 Å². The predicted molar refractivity (Wildman–Crippen MR) is 107 cm³/mol.